The van der Waals surface area contributed by atoms with E-state index in [4.69, 9.17) is 0 Å². The largest absolute Gasteiger partial charge is 0.352 e. The molecule has 8 heteroatoms. The SMILES string of the molecule is CCC(C)NC(=O)C1CCCCN1C(=O)c1csc(Nc2ccccc2F)n1. The molecule has 3 rings (SSSR count). The molecule has 2 aromatic rings. The van der Waals surface area contributed by atoms with E-state index >= 15 is 0 Å². The van der Waals surface area contributed by atoms with Gasteiger partial charge < -0.3 is 15.5 Å². The van der Waals surface area contributed by atoms with E-state index in [9.17, 15) is 14.0 Å². The van der Waals surface area contributed by atoms with Crippen LogP contribution >= 0.6 is 11.3 Å². The molecule has 2 unspecified atom stereocenters. The molecule has 0 bridgehead atoms. The Morgan fingerprint density at radius 1 is 1.36 bits per heavy atom. The molecule has 1 aliphatic rings. The summed E-state index contributed by atoms with van der Waals surface area (Å²) in [7, 11) is 0. The fraction of sp³-hybridized carbons (Fsp3) is 0.450. The Labute approximate surface area is 168 Å². The highest BCUT2D eigenvalue weighted by molar-refractivity contribution is 7.14. The minimum absolute atomic E-state index is 0.0715. The predicted octanol–water partition coefficient (Wildman–Crippen LogP) is 3.94. The van der Waals surface area contributed by atoms with E-state index in [0.29, 0.717) is 23.8 Å². The number of nitrogens with one attached hydrogen (secondary N) is 2. The lowest BCUT2D eigenvalue weighted by Crippen LogP contribution is -2.53. The van der Waals surface area contributed by atoms with Crippen LogP contribution in [0.15, 0.2) is 29.6 Å². The normalized spacial score (nSPS) is 17.8. The molecule has 0 saturated carbocycles. The van der Waals surface area contributed by atoms with E-state index < -0.39 is 6.04 Å². The second-order valence-electron chi connectivity index (χ2n) is 6.97. The van der Waals surface area contributed by atoms with Crippen molar-refractivity contribution >= 4 is 34.0 Å². The summed E-state index contributed by atoms with van der Waals surface area (Å²) in [5, 5.41) is 7.95. The fourth-order valence-electron chi connectivity index (χ4n) is 3.14. The number of nitrogens with zero attached hydrogens (tertiary/aromatic N) is 2. The third-order valence-electron chi connectivity index (χ3n) is 4.91. The molecule has 1 saturated heterocycles. The van der Waals surface area contributed by atoms with E-state index in [1.807, 2.05) is 13.8 Å². The Hall–Kier alpha value is -2.48. The molecule has 0 radical (unpaired) electrons. The summed E-state index contributed by atoms with van der Waals surface area (Å²) in [6.07, 6.45) is 3.27. The van der Waals surface area contributed by atoms with Crippen molar-refractivity contribution in [3.05, 3.63) is 41.2 Å². The average molecular weight is 405 g/mol. The minimum atomic E-state index is -0.472. The highest BCUT2D eigenvalue weighted by Gasteiger charge is 2.33. The van der Waals surface area contributed by atoms with Gasteiger partial charge in [0.15, 0.2) is 5.13 Å². The lowest BCUT2D eigenvalue weighted by Gasteiger charge is -2.34. The second kappa shape index (κ2) is 9.14. The number of amides is 2. The molecular weight excluding hydrogens is 379 g/mol. The van der Waals surface area contributed by atoms with Crippen LogP contribution in [0.25, 0.3) is 0 Å². The Morgan fingerprint density at radius 3 is 2.89 bits per heavy atom. The maximum atomic E-state index is 13.8. The van der Waals surface area contributed by atoms with Gasteiger partial charge in [-0.1, -0.05) is 19.1 Å². The highest BCUT2D eigenvalue weighted by atomic mass is 32.1. The van der Waals surface area contributed by atoms with Gasteiger partial charge in [0.25, 0.3) is 5.91 Å². The molecule has 0 spiro atoms. The number of hydrogen-bond acceptors (Lipinski definition) is 5. The molecule has 150 valence electrons. The van der Waals surface area contributed by atoms with Crippen LogP contribution in [0.2, 0.25) is 0 Å². The number of halogens is 1. The average Bonchev–Trinajstić information content (AvgIpc) is 3.17. The van der Waals surface area contributed by atoms with Gasteiger partial charge in [0.2, 0.25) is 5.91 Å². The first-order valence-corrected chi connectivity index (χ1v) is 10.5. The molecule has 0 aliphatic carbocycles. The lowest BCUT2D eigenvalue weighted by molar-refractivity contribution is -0.127. The Morgan fingerprint density at radius 2 is 2.14 bits per heavy atom. The van der Waals surface area contributed by atoms with Gasteiger partial charge in [0, 0.05) is 18.0 Å². The molecule has 1 fully saturated rings. The van der Waals surface area contributed by atoms with Gasteiger partial charge in [-0.25, -0.2) is 9.37 Å². The number of carbonyl (C=O) groups is 2. The molecule has 2 N–H and O–H groups in total. The first kappa shape index (κ1) is 20.3. The van der Waals surface area contributed by atoms with Crippen LogP contribution in [0.1, 0.15) is 50.0 Å². The van der Waals surface area contributed by atoms with Crippen molar-refractivity contribution < 1.29 is 14.0 Å². The number of likely N-dealkylation sites (tertiary alicyclic amines) is 1. The molecule has 1 aliphatic heterocycles. The molecule has 1 aromatic carbocycles. The van der Waals surface area contributed by atoms with Crippen molar-refractivity contribution in [2.45, 2.75) is 51.6 Å². The number of rotatable bonds is 6. The molecule has 2 atom stereocenters. The Bertz CT molecular complexity index is 841. The third kappa shape index (κ3) is 4.67. The van der Waals surface area contributed by atoms with E-state index in [0.717, 1.165) is 19.3 Å². The number of thiazole rings is 1. The van der Waals surface area contributed by atoms with Crippen LogP contribution < -0.4 is 10.6 Å². The van der Waals surface area contributed by atoms with Gasteiger partial charge in [-0.05, 0) is 44.7 Å². The maximum absolute atomic E-state index is 13.8. The van der Waals surface area contributed by atoms with Crippen LogP contribution in [0.5, 0.6) is 0 Å². The number of carbonyl (C=O) groups excluding carboxylic acids is 2. The van der Waals surface area contributed by atoms with Crippen LogP contribution in [0, 0.1) is 5.82 Å². The van der Waals surface area contributed by atoms with Crippen LogP contribution in [-0.4, -0.2) is 40.3 Å². The van der Waals surface area contributed by atoms with Crippen molar-refractivity contribution in [3.63, 3.8) is 0 Å². The number of hydrogen-bond donors (Lipinski definition) is 2. The summed E-state index contributed by atoms with van der Waals surface area (Å²) in [6, 6.07) is 5.90. The van der Waals surface area contributed by atoms with Gasteiger partial charge in [0.05, 0.1) is 5.69 Å². The molecular formula is C20H25FN4O2S. The van der Waals surface area contributed by atoms with Gasteiger partial charge in [-0.2, -0.15) is 0 Å². The van der Waals surface area contributed by atoms with Crippen molar-refractivity contribution in [1.29, 1.82) is 0 Å². The Kier molecular flexibility index (Phi) is 6.61. The van der Waals surface area contributed by atoms with Crippen molar-refractivity contribution in [1.82, 2.24) is 15.2 Å². The van der Waals surface area contributed by atoms with Gasteiger partial charge in [-0.15, -0.1) is 11.3 Å². The number of piperidine rings is 1. The van der Waals surface area contributed by atoms with E-state index in [-0.39, 0.29) is 29.4 Å². The molecule has 1 aromatic heterocycles. The van der Waals surface area contributed by atoms with Gasteiger partial charge >= 0.3 is 0 Å². The molecule has 2 heterocycles. The standard InChI is InChI=1S/C20H25FN4O2S/c1-3-13(2)22-18(26)17-10-6-7-11-25(17)19(27)16-12-28-20(24-16)23-15-9-5-4-8-14(15)21/h4-5,8-9,12-13,17H,3,6-7,10-11H2,1-2H3,(H,22,26)(H,23,24). The van der Waals surface area contributed by atoms with Gasteiger partial charge in [0.1, 0.15) is 17.6 Å². The highest BCUT2D eigenvalue weighted by Crippen LogP contribution is 2.25. The summed E-state index contributed by atoms with van der Waals surface area (Å²) < 4.78 is 13.8. The number of anilines is 2. The summed E-state index contributed by atoms with van der Waals surface area (Å²) in [5.74, 6) is -0.757. The number of aromatic nitrogens is 1. The number of benzene rings is 1. The van der Waals surface area contributed by atoms with Crippen molar-refractivity contribution in [2.75, 3.05) is 11.9 Å². The second-order valence-corrected chi connectivity index (χ2v) is 7.83. The maximum Gasteiger partial charge on any atom is 0.274 e. The van der Waals surface area contributed by atoms with E-state index in [1.165, 1.54) is 17.4 Å². The summed E-state index contributed by atoms with van der Waals surface area (Å²) in [5.41, 5.74) is 0.576. The van der Waals surface area contributed by atoms with Crippen LogP contribution in [0.3, 0.4) is 0 Å². The monoisotopic (exact) mass is 404 g/mol. The summed E-state index contributed by atoms with van der Waals surface area (Å²) in [6.45, 7) is 4.49. The number of para-hydroxylation sites is 1. The topological polar surface area (TPSA) is 74.3 Å². The quantitative estimate of drug-likeness (QED) is 0.765. The zero-order valence-electron chi connectivity index (χ0n) is 16.1. The molecule has 2 amide bonds. The van der Waals surface area contributed by atoms with E-state index in [1.54, 1.807) is 28.5 Å². The van der Waals surface area contributed by atoms with Crippen LogP contribution in [-0.2, 0) is 4.79 Å². The first-order chi connectivity index (χ1) is 13.5. The van der Waals surface area contributed by atoms with Crippen molar-refractivity contribution in [2.24, 2.45) is 0 Å². The van der Waals surface area contributed by atoms with Crippen molar-refractivity contribution in [3.8, 4) is 0 Å². The van der Waals surface area contributed by atoms with Crippen LogP contribution in [0.4, 0.5) is 15.2 Å². The molecule has 6 nitrogen and oxygen atoms in total. The lowest BCUT2D eigenvalue weighted by atomic mass is 10.0. The third-order valence-corrected chi connectivity index (χ3v) is 5.66. The zero-order valence-corrected chi connectivity index (χ0v) is 16.9. The summed E-state index contributed by atoms with van der Waals surface area (Å²) in [4.78, 5) is 31.5. The fourth-order valence-corrected chi connectivity index (χ4v) is 3.84. The summed E-state index contributed by atoms with van der Waals surface area (Å²) >= 11 is 1.23. The molecule has 28 heavy (non-hydrogen) atoms. The van der Waals surface area contributed by atoms with E-state index in [2.05, 4.69) is 15.6 Å². The smallest absolute Gasteiger partial charge is 0.274 e. The van der Waals surface area contributed by atoms with Gasteiger partial charge in [-0.3, -0.25) is 9.59 Å². The zero-order chi connectivity index (χ0) is 20.1. The minimum Gasteiger partial charge on any atom is -0.352 e. The Balaban J connectivity index is 1.72. The predicted molar refractivity (Wildman–Crippen MR) is 108 cm³/mol. The first-order valence-electron chi connectivity index (χ1n) is 9.58.